The lowest BCUT2D eigenvalue weighted by Gasteiger charge is -2.01. The molecule has 0 aliphatic heterocycles. The maximum absolute atomic E-state index is 12.5. The van der Waals surface area contributed by atoms with E-state index in [1.54, 1.807) is 29.2 Å². The van der Waals surface area contributed by atoms with Gasteiger partial charge in [0.15, 0.2) is 0 Å². The van der Waals surface area contributed by atoms with Crippen LogP contribution in [0.5, 0.6) is 0 Å². The Morgan fingerprint density at radius 1 is 1.00 bits per heavy atom. The number of hydrogen-bond acceptors (Lipinski definition) is 7. The van der Waals surface area contributed by atoms with E-state index in [0.717, 1.165) is 10.2 Å². The smallest absolute Gasteiger partial charge is 0.314 e. The van der Waals surface area contributed by atoms with Crippen LogP contribution in [0.4, 0.5) is 8.78 Å². The third-order valence-electron chi connectivity index (χ3n) is 3.58. The molecule has 4 rings (SSSR count). The van der Waals surface area contributed by atoms with Crippen molar-refractivity contribution in [2.45, 2.75) is 13.0 Å². The second kappa shape index (κ2) is 7.27. The van der Waals surface area contributed by atoms with Crippen LogP contribution in [0.25, 0.3) is 22.7 Å². The molecule has 0 aliphatic rings. The molecule has 0 N–H and O–H groups in total. The number of nitrogens with zero attached hydrogens (tertiary/aromatic N) is 7. The molecule has 0 aromatic carbocycles. The van der Waals surface area contributed by atoms with Gasteiger partial charge in [-0.3, -0.25) is 4.98 Å². The van der Waals surface area contributed by atoms with E-state index in [4.69, 9.17) is 4.42 Å². The zero-order valence-electron chi connectivity index (χ0n) is 13.5. The lowest BCUT2D eigenvalue weighted by Crippen LogP contribution is -2.02. The molecule has 4 aromatic rings. The second-order valence-corrected chi connectivity index (χ2v) is 6.27. The molecule has 0 saturated carbocycles. The first-order valence-electron chi connectivity index (χ1n) is 7.67. The molecule has 4 aromatic heterocycles. The number of pyridine rings is 2. The SMILES string of the molecule is FC(F)c1nnc(-c2ccc(Cn3cc(-c4ccc(Br)nc4)nn3)nc2)o1. The molecule has 11 heteroatoms. The summed E-state index contributed by atoms with van der Waals surface area (Å²) in [6.45, 7) is 0.392. The molecule has 0 amide bonds. The summed E-state index contributed by atoms with van der Waals surface area (Å²) >= 11 is 3.29. The van der Waals surface area contributed by atoms with Crippen LogP contribution in [0.1, 0.15) is 18.0 Å². The molecule has 0 aliphatic carbocycles. The Labute approximate surface area is 159 Å². The molecule has 0 radical (unpaired) electrons. The summed E-state index contributed by atoms with van der Waals surface area (Å²) in [7, 11) is 0. The summed E-state index contributed by atoms with van der Waals surface area (Å²) in [4.78, 5) is 8.44. The van der Waals surface area contributed by atoms with Crippen molar-refractivity contribution >= 4 is 15.9 Å². The molecule has 0 saturated heterocycles. The van der Waals surface area contributed by atoms with E-state index in [-0.39, 0.29) is 5.89 Å². The van der Waals surface area contributed by atoms with Crippen molar-refractivity contribution in [2.24, 2.45) is 0 Å². The van der Waals surface area contributed by atoms with Crippen LogP contribution in [-0.4, -0.2) is 35.2 Å². The molecule has 0 atom stereocenters. The zero-order valence-corrected chi connectivity index (χ0v) is 15.1. The molecule has 0 bridgehead atoms. The van der Waals surface area contributed by atoms with E-state index in [0.29, 0.717) is 23.5 Å². The Morgan fingerprint density at radius 2 is 1.81 bits per heavy atom. The highest BCUT2D eigenvalue weighted by Gasteiger charge is 2.17. The Bertz CT molecular complexity index is 1050. The maximum atomic E-state index is 12.5. The van der Waals surface area contributed by atoms with Gasteiger partial charge in [-0.05, 0) is 40.2 Å². The van der Waals surface area contributed by atoms with E-state index < -0.39 is 12.3 Å². The van der Waals surface area contributed by atoms with Crippen molar-refractivity contribution < 1.29 is 13.2 Å². The topological polar surface area (TPSA) is 95.4 Å². The Hall–Kier alpha value is -3.08. The Morgan fingerprint density at radius 3 is 2.48 bits per heavy atom. The molecule has 0 spiro atoms. The van der Waals surface area contributed by atoms with E-state index in [1.807, 2.05) is 12.1 Å². The van der Waals surface area contributed by atoms with Gasteiger partial charge in [0.1, 0.15) is 10.3 Å². The summed E-state index contributed by atoms with van der Waals surface area (Å²) in [5.74, 6) is -0.721. The molecule has 27 heavy (non-hydrogen) atoms. The van der Waals surface area contributed by atoms with Crippen molar-refractivity contribution in [1.82, 2.24) is 35.2 Å². The van der Waals surface area contributed by atoms with Crippen molar-refractivity contribution in [1.29, 1.82) is 0 Å². The molecule has 4 heterocycles. The quantitative estimate of drug-likeness (QED) is 0.444. The second-order valence-electron chi connectivity index (χ2n) is 5.46. The van der Waals surface area contributed by atoms with Gasteiger partial charge in [0.25, 0.3) is 5.89 Å². The van der Waals surface area contributed by atoms with Crippen LogP contribution in [0.3, 0.4) is 0 Å². The molecular formula is C16H10BrF2N7O. The van der Waals surface area contributed by atoms with E-state index in [1.165, 1.54) is 6.20 Å². The average molecular weight is 434 g/mol. The predicted molar refractivity (Wildman–Crippen MR) is 92.5 cm³/mol. The van der Waals surface area contributed by atoms with E-state index >= 15 is 0 Å². The fraction of sp³-hybridized carbons (Fsp3) is 0.125. The first-order valence-corrected chi connectivity index (χ1v) is 8.47. The summed E-state index contributed by atoms with van der Waals surface area (Å²) in [5, 5.41) is 15.1. The number of alkyl halides is 2. The molecule has 8 nitrogen and oxygen atoms in total. The first kappa shape index (κ1) is 17.3. The van der Waals surface area contributed by atoms with Gasteiger partial charge in [-0.25, -0.2) is 9.67 Å². The molecule has 136 valence electrons. The minimum absolute atomic E-state index is 0.00451. The van der Waals surface area contributed by atoms with E-state index in [9.17, 15) is 8.78 Å². The minimum Gasteiger partial charge on any atom is -0.415 e. The van der Waals surface area contributed by atoms with Crippen molar-refractivity contribution in [3.05, 3.63) is 59.0 Å². The third-order valence-corrected chi connectivity index (χ3v) is 4.05. The minimum atomic E-state index is -2.80. The highest BCUT2D eigenvalue weighted by Crippen LogP contribution is 2.23. The van der Waals surface area contributed by atoms with Gasteiger partial charge in [-0.1, -0.05) is 5.21 Å². The van der Waals surface area contributed by atoms with Gasteiger partial charge in [-0.2, -0.15) is 8.78 Å². The number of halogens is 3. The molecule has 0 fully saturated rings. The predicted octanol–water partition coefficient (Wildman–Crippen LogP) is 3.53. The van der Waals surface area contributed by atoms with Crippen LogP contribution >= 0.6 is 15.9 Å². The van der Waals surface area contributed by atoms with Crippen LogP contribution in [0.15, 0.2) is 51.9 Å². The third kappa shape index (κ3) is 3.87. The highest BCUT2D eigenvalue weighted by molar-refractivity contribution is 9.10. The summed E-state index contributed by atoms with van der Waals surface area (Å²) in [6, 6.07) is 7.11. The lowest BCUT2D eigenvalue weighted by atomic mass is 10.2. The van der Waals surface area contributed by atoms with Gasteiger partial charge in [0.2, 0.25) is 5.89 Å². The Balaban J connectivity index is 1.48. The summed E-state index contributed by atoms with van der Waals surface area (Å²) in [5.41, 5.74) is 2.70. The van der Waals surface area contributed by atoms with Crippen LogP contribution in [-0.2, 0) is 6.54 Å². The monoisotopic (exact) mass is 433 g/mol. The van der Waals surface area contributed by atoms with Crippen molar-refractivity contribution in [3.8, 4) is 22.7 Å². The Kier molecular flexibility index (Phi) is 4.67. The van der Waals surface area contributed by atoms with Gasteiger partial charge in [-0.15, -0.1) is 15.3 Å². The number of hydrogen-bond donors (Lipinski definition) is 0. The van der Waals surface area contributed by atoms with Gasteiger partial charge in [0.05, 0.1) is 24.0 Å². The van der Waals surface area contributed by atoms with Crippen molar-refractivity contribution in [3.63, 3.8) is 0 Å². The summed E-state index contributed by atoms with van der Waals surface area (Å²) < 4.78 is 32.3. The summed E-state index contributed by atoms with van der Waals surface area (Å²) in [6.07, 6.45) is 2.16. The first-order chi connectivity index (χ1) is 13.1. The molecule has 0 unspecified atom stereocenters. The average Bonchev–Trinajstić information content (AvgIpc) is 3.33. The fourth-order valence-corrected chi connectivity index (χ4v) is 2.52. The highest BCUT2D eigenvalue weighted by atomic mass is 79.9. The number of rotatable bonds is 5. The van der Waals surface area contributed by atoms with Gasteiger partial charge < -0.3 is 4.42 Å². The standard InChI is InChI=1S/C16H10BrF2N7O/c17-13-4-2-9(5-21-13)12-8-26(25-22-12)7-11-3-1-10(6-20-11)15-23-24-16(27-15)14(18)19/h1-6,8,14H,7H2. The number of aromatic nitrogens is 7. The van der Waals surface area contributed by atoms with Crippen LogP contribution < -0.4 is 0 Å². The van der Waals surface area contributed by atoms with Gasteiger partial charge >= 0.3 is 6.43 Å². The maximum Gasteiger partial charge on any atom is 0.314 e. The van der Waals surface area contributed by atoms with E-state index in [2.05, 4.69) is 46.4 Å². The van der Waals surface area contributed by atoms with Crippen LogP contribution in [0.2, 0.25) is 0 Å². The fourth-order valence-electron chi connectivity index (χ4n) is 2.29. The zero-order chi connectivity index (χ0) is 18.8. The largest absolute Gasteiger partial charge is 0.415 e. The van der Waals surface area contributed by atoms with Crippen molar-refractivity contribution in [2.75, 3.05) is 0 Å². The normalized spacial score (nSPS) is 11.3. The molecular weight excluding hydrogens is 424 g/mol. The van der Waals surface area contributed by atoms with Crippen LogP contribution in [0, 0.1) is 0 Å². The van der Waals surface area contributed by atoms with Gasteiger partial charge in [0, 0.05) is 18.0 Å². The lowest BCUT2D eigenvalue weighted by molar-refractivity contribution is 0.116.